The van der Waals surface area contributed by atoms with Crippen LogP contribution in [0.3, 0.4) is 0 Å². The molecule has 80 valence electrons. The topological polar surface area (TPSA) is 24.5 Å². The number of nitrogens with one attached hydrogen (secondary N) is 1. The lowest BCUT2D eigenvalue weighted by Gasteiger charge is -2.22. The van der Waals surface area contributed by atoms with Crippen molar-refractivity contribution in [3.05, 3.63) is 42.1 Å². The van der Waals surface area contributed by atoms with Crippen LogP contribution in [0.5, 0.6) is 0 Å². The number of halogens is 3. The summed E-state index contributed by atoms with van der Waals surface area (Å²) in [5.74, 6) is 0.599. The first-order valence-electron chi connectivity index (χ1n) is 4.14. The summed E-state index contributed by atoms with van der Waals surface area (Å²) in [6, 6.07) is 9.51. The van der Waals surface area contributed by atoms with E-state index < -0.39 is 3.92 Å². The Morgan fingerprint density at radius 2 is 1.80 bits per heavy atom. The van der Waals surface area contributed by atoms with Gasteiger partial charge in [0.25, 0.3) is 3.92 Å². The summed E-state index contributed by atoms with van der Waals surface area (Å²) in [6.45, 7) is 0. The Bertz CT molecular complexity index is 375. The molecule has 3 nitrogen and oxygen atoms in total. The number of hydrazine groups is 1. The molecule has 0 unspecified atom stereocenters. The highest BCUT2D eigenvalue weighted by atomic mass is 35.6. The molecule has 1 aromatic carbocycles. The highest BCUT2D eigenvalue weighted by Gasteiger charge is 2.35. The second-order valence-corrected chi connectivity index (χ2v) is 5.08. The number of benzene rings is 1. The first-order chi connectivity index (χ1) is 7.07. The van der Waals surface area contributed by atoms with Gasteiger partial charge in [0, 0.05) is 5.56 Å². The molecule has 0 atom stereocenters. The van der Waals surface area contributed by atoms with E-state index in [4.69, 9.17) is 39.6 Å². The molecule has 1 aliphatic rings. The molecule has 0 saturated carbocycles. The molecule has 0 saturated heterocycles. The average Bonchev–Trinajstić information content (AvgIpc) is 2.67. The van der Waals surface area contributed by atoms with Gasteiger partial charge in [-0.05, 0) is 5.17 Å². The average molecular weight is 266 g/mol. The van der Waals surface area contributed by atoms with Crippen LogP contribution in [0.4, 0.5) is 0 Å². The standard InChI is InChI=1S/C9H7Cl3N2O/c10-9(11,12)14-13-6-8(15-14)7-4-2-1-3-5-7/h1-6,13H. The Labute approximate surface area is 102 Å². The van der Waals surface area contributed by atoms with E-state index in [2.05, 4.69) is 5.43 Å². The summed E-state index contributed by atoms with van der Waals surface area (Å²) >= 11 is 16.9. The maximum absolute atomic E-state index is 5.63. The fourth-order valence-electron chi connectivity index (χ4n) is 1.13. The zero-order valence-electron chi connectivity index (χ0n) is 7.45. The molecular weight excluding hydrogens is 258 g/mol. The van der Waals surface area contributed by atoms with Crippen molar-refractivity contribution in [2.24, 2.45) is 0 Å². The van der Waals surface area contributed by atoms with Crippen LogP contribution in [0.15, 0.2) is 36.5 Å². The van der Waals surface area contributed by atoms with E-state index in [0.29, 0.717) is 5.76 Å². The molecular formula is C9H7Cl3N2O. The zero-order valence-corrected chi connectivity index (χ0v) is 9.72. The first-order valence-corrected chi connectivity index (χ1v) is 5.27. The number of hydroxylamine groups is 1. The summed E-state index contributed by atoms with van der Waals surface area (Å²) in [7, 11) is 0. The molecule has 0 fully saturated rings. The Hall–Kier alpha value is -0.610. The van der Waals surface area contributed by atoms with Crippen molar-refractivity contribution >= 4 is 40.6 Å². The largest absolute Gasteiger partial charge is 0.380 e. The van der Waals surface area contributed by atoms with Crippen LogP contribution in [-0.4, -0.2) is 9.09 Å². The molecule has 0 aromatic heterocycles. The van der Waals surface area contributed by atoms with Crippen molar-refractivity contribution in [1.82, 2.24) is 10.6 Å². The van der Waals surface area contributed by atoms with E-state index in [1.54, 1.807) is 6.20 Å². The van der Waals surface area contributed by atoms with E-state index >= 15 is 0 Å². The van der Waals surface area contributed by atoms with Gasteiger partial charge in [-0.1, -0.05) is 65.1 Å². The Balaban J connectivity index is 2.11. The molecule has 0 spiro atoms. The Morgan fingerprint density at radius 1 is 1.13 bits per heavy atom. The van der Waals surface area contributed by atoms with Gasteiger partial charge in [0.15, 0.2) is 5.76 Å². The highest BCUT2D eigenvalue weighted by Crippen LogP contribution is 2.34. The number of hydrogen-bond donors (Lipinski definition) is 1. The van der Waals surface area contributed by atoms with Crippen molar-refractivity contribution in [3.63, 3.8) is 0 Å². The van der Waals surface area contributed by atoms with Crippen molar-refractivity contribution in [2.45, 2.75) is 3.92 Å². The summed E-state index contributed by atoms with van der Waals surface area (Å²) < 4.78 is -1.65. The van der Waals surface area contributed by atoms with E-state index in [-0.39, 0.29) is 0 Å². The van der Waals surface area contributed by atoms with Crippen molar-refractivity contribution in [3.8, 4) is 0 Å². The molecule has 0 aliphatic carbocycles. The molecule has 0 radical (unpaired) electrons. The van der Waals surface area contributed by atoms with E-state index in [9.17, 15) is 0 Å². The summed E-state index contributed by atoms with van der Waals surface area (Å²) in [6.07, 6.45) is 1.62. The normalized spacial score (nSPS) is 16.9. The number of rotatable bonds is 1. The predicted octanol–water partition coefficient (Wildman–Crippen LogP) is 3.06. The Kier molecular flexibility index (Phi) is 2.98. The molecule has 0 amide bonds. The lowest BCUT2D eigenvalue weighted by molar-refractivity contribution is -0.105. The second kappa shape index (κ2) is 4.10. The smallest absolute Gasteiger partial charge is 0.299 e. The quantitative estimate of drug-likeness (QED) is 0.624. The molecule has 15 heavy (non-hydrogen) atoms. The molecule has 1 N–H and O–H groups in total. The van der Waals surface area contributed by atoms with E-state index in [0.717, 1.165) is 10.7 Å². The van der Waals surface area contributed by atoms with E-state index in [1.165, 1.54) is 0 Å². The van der Waals surface area contributed by atoms with Gasteiger partial charge in [-0.25, -0.2) is 0 Å². The third-order valence-electron chi connectivity index (χ3n) is 1.79. The number of hydrogen-bond acceptors (Lipinski definition) is 3. The van der Waals surface area contributed by atoms with Gasteiger partial charge < -0.3 is 4.84 Å². The minimum atomic E-state index is -1.65. The van der Waals surface area contributed by atoms with Crippen LogP contribution in [0, 0.1) is 0 Å². The lowest BCUT2D eigenvalue weighted by atomic mass is 10.2. The maximum atomic E-state index is 5.63. The van der Waals surface area contributed by atoms with Crippen LogP contribution >= 0.6 is 34.8 Å². The van der Waals surface area contributed by atoms with Gasteiger partial charge in [-0.3, -0.25) is 5.43 Å². The van der Waals surface area contributed by atoms with Crippen LogP contribution in [0.1, 0.15) is 5.56 Å². The van der Waals surface area contributed by atoms with Crippen molar-refractivity contribution in [2.75, 3.05) is 0 Å². The van der Waals surface area contributed by atoms with E-state index in [1.807, 2.05) is 30.3 Å². The fraction of sp³-hybridized carbons (Fsp3) is 0.111. The zero-order chi connectivity index (χ0) is 10.9. The van der Waals surface area contributed by atoms with Crippen LogP contribution in [0.2, 0.25) is 0 Å². The number of alkyl halides is 3. The van der Waals surface area contributed by atoms with Gasteiger partial charge in [-0.15, -0.1) is 0 Å². The Morgan fingerprint density at radius 3 is 2.33 bits per heavy atom. The van der Waals surface area contributed by atoms with Gasteiger partial charge in [0.2, 0.25) is 0 Å². The summed E-state index contributed by atoms with van der Waals surface area (Å²) in [5.41, 5.74) is 3.60. The minimum absolute atomic E-state index is 0.599. The van der Waals surface area contributed by atoms with Gasteiger partial charge in [0.1, 0.15) is 0 Å². The highest BCUT2D eigenvalue weighted by molar-refractivity contribution is 6.67. The van der Waals surface area contributed by atoms with Gasteiger partial charge >= 0.3 is 0 Å². The predicted molar refractivity (Wildman–Crippen MR) is 60.8 cm³/mol. The monoisotopic (exact) mass is 264 g/mol. The summed E-state index contributed by atoms with van der Waals surface area (Å²) in [4.78, 5) is 5.30. The van der Waals surface area contributed by atoms with Crippen LogP contribution < -0.4 is 5.43 Å². The molecule has 2 rings (SSSR count). The van der Waals surface area contributed by atoms with Gasteiger partial charge in [0.05, 0.1) is 6.20 Å². The summed E-state index contributed by atoms with van der Waals surface area (Å²) in [5, 5.41) is 1.04. The second-order valence-electron chi connectivity index (χ2n) is 2.86. The van der Waals surface area contributed by atoms with Crippen LogP contribution in [0.25, 0.3) is 5.76 Å². The molecule has 6 heteroatoms. The van der Waals surface area contributed by atoms with Crippen LogP contribution in [-0.2, 0) is 4.84 Å². The molecule has 1 aliphatic heterocycles. The fourth-order valence-corrected chi connectivity index (χ4v) is 1.38. The number of nitrogens with zero attached hydrogens (tertiary/aromatic N) is 1. The third kappa shape index (κ3) is 2.49. The maximum Gasteiger partial charge on any atom is 0.299 e. The van der Waals surface area contributed by atoms with Gasteiger partial charge in [-0.2, -0.15) is 0 Å². The molecule has 0 bridgehead atoms. The SMILES string of the molecule is ClC(Cl)(Cl)N1NC=C(c2ccccc2)O1. The first kappa shape index (κ1) is 10.9. The molecule has 1 aromatic rings. The van der Waals surface area contributed by atoms with Crippen molar-refractivity contribution < 1.29 is 4.84 Å². The lowest BCUT2D eigenvalue weighted by Crippen LogP contribution is -2.39. The van der Waals surface area contributed by atoms with Crippen molar-refractivity contribution in [1.29, 1.82) is 0 Å². The molecule has 1 heterocycles. The minimum Gasteiger partial charge on any atom is -0.380 e. The third-order valence-corrected chi connectivity index (χ3v) is 2.25.